The van der Waals surface area contributed by atoms with Crippen molar-refractivity contribution in [3.05, 3.63) is 48.2 Å². The number of hydrogen-bond donors (Lipinski definition) is 1. The van der Waals surface area contributed by atoms with Gasteiger partial charge in [0.2, 0.25) is 5.88 Å². The summed E-state index contributed by atoms with van der Waals surface area (Å²) < 4.78 is 5.85. The van der Waals surface area contributed by atoms with Gasteiger partial charge in [0.05, 0.1) is 5.69 Å². The van der Waals surface area contributed by atoms with E-state index in [4.69, 9.17) is 4.74 Å². The number of nitrogens with one attached hydrogen (secondary N) is 1. The predicted octanol–water partition coefficient (Wildman–Crippen LogP) is 3.94. The number of carbonyl (C=O) groups is 1. The Bertz CT molecular complexity index is 688. The normalized spacial score (nSPS) is 17.0. The number of aromatic nitrogens is 1. The molecule has 1 aromatic heterocycles. The molecule has 23 heavy (non-hydrogen) atoms. The highest BCUT2D eigenvalue weighted by Gasteiger charge is 2.18. The smallest absolute Gasteiger partial charge is 0.255 e. The van der Waals surface area contributed by atoms with E-state index >= 15 is 0 Å². The zero-order chi connectivity index (χ0) is 16.1. The molecule has 1 N–H and O–H groups in total. The van der Waals surface area contributed by atoms with Gasteiger partial charge in [-0.1, -0.05) is 12.1 Å². The minimum Gasteiger partial charge on any atom is -0.473 e. The molecule has 1 aliphatic rings. The summed E-state index contributed by atoms with van der Waals surface area (Å²) in [6, 6.07) is 11.2. The lowest BCUT2D eigenvalue weighted by atomic mass is 10.2. The molecule has 0 radical (unpaired) electrons. The number of rotatable bonds is 5. The van der Waals surface area contributed by atoms with Crippen molar-refractivity contribution in [3.8, 4) is 5.88 Å². The van der Waals surface area contributed by atoms with Gasteiger partial charge in [0, 0.05) is 28.5 Å². The average Bonchev–Trinajstić information content (AvgIpc) is 3.08. The van der Waals surface area contributed by atoms with Crippen LogP contribution in [0.1, 0.15) is 16.8 Å². The molecular weight excluding hydrogens is 328 g/mol. The van der Waals surface area contributed by atoms with E-state index in [-0.39, 0.29) is 12.0 Å². The van der Waals surface area contributed by atoms with E-state index in [0.717, 1.165) is 28.5 Å². The third-order valence-corrected chi connectivity index (χ3v) is 5.46. The maximum absolute atomic E-state index is 12.5. The zero-order valence-electron chi connectivity index (χ0n) is 12.8. The third kappa shape index (κ3) is 4.20. The second-order valence-electron chi connectivity index (χ2n) is 5.14. The summed E-state index contributed by atoms with van der Waals surface area (Å²) >= 11 is 3.49. The van der Waals surface area contributed by atoms with Crippen LogP contribution >= 0.6 is 23.5 Å². The summed E-state index contributed by atoms with van der Waals surface area (Å²) in [7, 11) is 0. The molecule has 0 aliphatic carbocycles. The van der Waals surface area contributed by atoms with Gasteiger partial charge in [0.15, 0.2) is 0 Å². The fourth-order valence-electron chi connectivity index (χ4n) is 2.33. The van der Waals surface area contributed by atoms with Gasteiger partial charge in [-0.15, -0.1) is 11.8 Å². The number of anilines is 1. The summed E-state index contributed by atoms with van der Waals surface area (Å²) in [5, 5.41) is 2.95. The Hall–Kier alpha value is -1.66. The second kappa shape index (κ2) is 7.75. The Morgan fingerprint density at radius 3 is 3.04 bits per heavy atom. The highest BCUT2D eigenvalue weighted by molar-refractivity contribution is 7.99. The summed E-state index contributed by atoms with van der Waals surface area (Å²) in [5.41, 5.74) is 1.37. The molecule has 3 rings (SSSR count). The van der Waals surface area contributed by atoms with Crippen molar-refractivity contribution in [2.24, 2.45) is 0 Å². The predicted molar refractivity (Wildman–Crippen MR) is 96.8 cm³/mol. The number of carbonyl (C=O) groups excluding carboxylic acids is 1. The summed E-state index contributed by atoms with van der Waals surface area (Å²) in [6.45, 7) is 0. The van der Waals surface area contributed by atoms with E-state index in [1.807, 2.05) is 42.3 Å². The highest BCUT2D eigenvalue weighted by atomic mass is 32.2. The molecule has 4 nitrogen and oxygen atoms in total. The first-order valence-corrected chi connectivity index (χ1v) is 9.79. The van der Waals surface area contributed by atoms with Crippen LogP contribution in [0.5, 0.6) is 5.88 Å². The SMILES string of the molecule is CSc1ccccc1NC(=O)c1ccnc(O[C@@H]2CCSC2)c1. The van der Waals surface area contributed by atoms with Crippen LogP contribution in [0.4, 0.5) is 5.69 Å². The number of ether oxygens (including phenoxy) is 1. The van der Waals surface area contributed by atoms with Crippen LogP contribution in [0.25, 0.3) is 0 Å². The van der Waals surface area contributed by atoms with Crippen molar-refractivity contribution in [1.82, 2.24) is 4.98 Å². The Morgan fingerprint density at radius 2 is 2.26 bits per heavy atom. The molecule has 0 bridgehead atoms. The summed E-state index contributed by atoms with van der Waals surface area (Å²) in [5.74, 6) is 2.47. The minimum atomic E-state index is -0.153. The summed E-state index contributed by atoms with van der Waals surface area (Å²) in [4.78, 5) is 17.7. The quantitative estimate of drug-likeness (QED) is 0.831. The van der Waals surface area contributed by atoms with Crippen LogP contribution in [0.3, 0.4) is 0 Å². The van der Waals surface area contributed by atoms with Gasteiger partial charge in [0.25, 0.3) is 5.91 Å². The van der Waals surface area contributed by atoms with Crippen LogP contribution in [-0.2, 0) is 0 Å². The van der Waals surface area contributed by atoms with E-state index in [1.54, 1.807) is 30.1 Å². The lowest BCUT2D eigenvalue weighted by Gasteiger charge is -2.13. The molecule has 0 unspecified atom stereocenters. The first kappa shape index (κ1) is 16.2. The molecule has 1 amide bonds. The van der Waals surface area contributed by atoms with Gasteiger partial charge in [-0.05, 0) is 36.6 Å². The third-order valence-electron chi connectivity index (χ3n) is 3.53. The highest BCUT2D eigenvalue weighted by Crippen LogP contribution is 2.26. The summed E-state index contributed by atoms with van der Waals surface area (Å²) in [6.07, 6.45) is 4.84. The van der Waals surface area contributed by atoms with Crippen molar-refractivity contribution in [1.29, 1.82) is 0 Å². The van der Waals surface area contributed by atoms with Crippen LogP contribution in [-0.4, -0.2) is 34.8 Å². The number of nitrogens with zero attached hydrogens (tertiary/aromatic N) is 1. The van der Waals surface area contributed by atoms with Gasteiger partial charge in [-0.25, -0.2) is 4.98 Å². The first-order valence-electron chi connectivity index (χ1n) is 7.41. The van der Waals surface area contributed by atoms with E-state index < -0.39 is 0 Å². The molecule has 1 fully saturated rings. The molecule has 1 saturated heterocycles. The first-order chi connectivity index (χ1) is 11.3. The maximum Gasteiger partial charge on any atom is 0.255 e. The Morgan fingerprint density at radius 1 is 1.39 bits per heavy atom. The van der Waals surface area contributed by atoms with E-state index in [1.165, 1.54) is 0 Å². The molecule has 1 aliphatic heterocycles. The molecular formula is C17H18N2O2S2. The fourth-order valence-corrected chi connectivity index (χ4v) is 3.98. The molecule has 0 saturated carbocycles. The standard InChI is InChI=1S/C17H18N2O2S2/c1-22-15-5-3-2-4-14(15)19-17(20)12-6-8-18-16(10-12)21-13-7-9-23-11-13/h2-6,8,10,13H,7,9,11H2,1H3,(H,19,20)/t13-/m1/s1. The Kier molecular flexibility index (Phi) is 5.46. The van der Waals surface area contributed by atoms with Crippen LogP contribution in [0.2, 0.25) is 0 Å². The van der Waals surface area contributed by atoms with Crippen LogP contribution < -0.4 is 10.1 Å². The molecule has 120 valence electrons. The van der Waals surface area contributed by atoms with E-state index in [9.17, 15) is 4.79 Å². The second-order valence-corrected chi connectivity index (χ2v) is 7.14. The van der Waals surface area contributed by atoms with Gasteiger partial charge < -0.3 is 10.1 Å². The van der Waals surface area contributed by atoms with E-state index in [2.05, 4.69) is 10.3 Å². The number of benzene rings is 1. The van der Waals surface area contributed by atoms with Crippen LogP contribution in [0, 0.1) is 0 Å². The van der Waals surface area contributed by atoms with Gasteiger partial charge in [0.1, 0.15) is 6.10 Å². The van der Waals surface area contributed by atoms with E-state index in [0.29, 0.717) is 11.4 Å². The number of pyridine rings is 1. The lowest BCUT2D eigenvalue weighted by Crippen LogP contribution is -2.17. The monoisotopic (exact) mass is 346 g/mol. The van der Waals surface area contributed by atoms with Crippen molar-refractivity contribution in [2.45, 2.75) is 17.4 Å². The topological polar surface area (TPSA) is 51.2 Å². The van der Waals surface area contributed by atoms with Gasteiger partial charge in [-0.3, -0.25) is 4.79 Å². The van der Waals surface area contributed by atoms with Gasteiger partial charge >= 0.3 is 0 Å². The molecule has 0 spiro atoms. The van der Waals surface area contributed by atoms with Crippen LogP contribution in [0.15, 0.2) is 47.5 Å². The largest absolute Gasteiger partial charge is 0.473 e. The molecule has 1 aromatic carbocycles. The number of para-hydroxylation sites is 1. The maximum atomic E-state index is 12.5. The fraction of sp³-hybridized carbons (Fsp3) is 0.294. The number of amides is 1. The Balaban J connectivity index is 1.71. The van der Waals surface area contributed by atoms with Crippen molar-refractivity contribution in [2.75, 3.05) is 23.1 Å². The number of thioether (sulfide) groups is 2. The van der Waals surface area contributed by atoms with Crippen molar-refractivity contribution < 1.29 is 9.53 Å². The minimum absolute atomic E-state index is 0.153. The molecule has 2 heterocycles. The number of hydrogen-bond acceptors (Lipinski definition) is 5. The zero-order valence-corrected chi connectivity index (χ0v) is 14.5. The lowest BCUT2D eigenvalue weighted by molar-refractivity contribution is 0.102. The molecule has 2 aromatic rings. The van der Waals surface area contributed by atoms with Crippen molar-refractivity contribution in [3.63, 3.8) is 0 Å². The average molecular weight is 346 g/mol. The Labute approximate surface area is 144 Å². The van der Waals surface area contributed by atoms with Crippen molar-refractivity contribution >= 4 is 35.1 Å². The molecule has 1 atom stereocenters. The molecule has 6 heteroatoms. The van der Waals surface area contributed by atoms with Gasteiger partial charge in [-0.2, -0.15) is 11.8 Å².